The third kappa shape index (κ3) is 15.4. The molecule has 1 amide bonds. The van der Waals surface area contributed by atoms with Crippen LogP contribution in [0.5, 0.6) is 0 Å². The van der Waals surface area contributed by atoms with Crippen LogP contribution < -0.4 is 5.32 Å². The van der Waals surface area contributed by atoms with Crippen LogP contribution in [0.25, 0.3) is 0 Å². The topological polar surface area (TPSA) is 49.3 Å². The van der Waals surface area contributed by atoms with Crippen LogP contribution in [-0.2, 0) is 4.79 Å². The van der Waals surface area contributed by atoms with Crippen LogP contribution in [-0.4, -0.2) is 55.8 Å². The second-order valence-electron chi connectivity index (χ2n) is 5.62. The molecule has 20 heavy (non-hydrogen) atoms. The number of carbonyl (C=O) groups is 1. The van der Waals surface area contributed by atoms with Crippen molar-refractivity contribution < 1.29 is 14.4 Å². The highest BCUT2D eigenvalue weighted by Gasteiger charge is 2.12. The Morgan fingerprint density at radius 3 is 2.25 bits per heavy atom. The van der Waals surface area contributed by atoms with Crippen molar-refractivity contribution >= 4 is 5.91 Å². The molecule has 0 aromatic carbocycles. The van der Waals surface area contributed by atoms with Crippen molar-refractivity contribution in [2.75, 3.05) is 40.3 Å². The highest BCUT2D eigenvalue weighted by atomic mass is 16.3. The number of rotatable bonds is 11. The number of hydrogen-bond donors (Lipinski definition) is 2. The van der Waals surface area contributed by atoms with E-state index in [-0.39, 0.29) is 12.5 Å². The van der Waals surface area contributed by atoms with Crippen molar-refractivity contribution in [2.24, 2.45) is 0 Å². The minimum Gasteiger partial charge on any atom is -0.391 e. The standard InChI is InChI=1S/C14H30N2O2.C2H6/c1-4-5-10-15-14(18)9-7-6-8-11-16(2,3)12-13-17;1-2/h17H,4-13H2,1-3H3;1-2H3/p+1. The van der Waals surface area contributed by atoms with E-state index in [1.54, 1.807) is 0 Å². The van der Waals surface area contributed by atoms with Gasteiger partial charge in [0.05, 0.1) is 27.2 Å². The number of nitrogens with one attached hydrogen (secondary N) is 1. The fourth-order valence-electron chi connectivity index (χ4n) is 1.88. The van der Waals surface area contributed by atoms with E-state index in [1.807, 2.05) is 13.8 Å². The average Bonchev–Trinajstić information content (AvgIpc) is 2.40. The summed E-state index contributed by atoms with van der Waals surface area (Å²) >= 11 is 0. The van der Waals surface area contributed by atoms with Gasteiger partial charge in [-0.25, -0.2) is 0 Å². The lowest BCUT2D eigenvalue weighted by Crippen LogP contribution is -2.42. The van der Waals surface area contributed by atoms with Crippen LogP contribution in [0, 0.1) is 0 Å². The number of carbonyl (C=O) groups excluding carboxylic acids is 1. The van der Waals surface area contributed by atoms with E-state index in [4.69, 9.17) is 5.11 Å². The smallest absolute Gasteiger partial charge is 0.219 e. The molecule has 0 unspecified atom stereocenters. The molecule has 2 N–H and O–H groups in total. The molecule has 0 radical (unpaired) electrons. The predicted octanol–water partition coefficient (Wildman–Crippen LogP) is 2.56. The minimum atomic E-state index is 0.188. The number of quaternary nitrogens is 1. The Labute approximate surface area is 126 Å². The maximum absolute atomic E-state index is 11.4. The number of amides is 1. The van der Waals surface area contributed by atoms with Crippen molar-refractivity contribution in [3.05, 3.63) is 0 Å². The normalized spacial score (nSPS) is 10.7. The molecule has 0 saturated heterocycles. The number of unbranched alkanes of at least 4 members (excludes halogenated alkanes) is 3. The van der Waals surface area contributed by atoms with Gasteiger partial charge in [-0.15, -0.1) is 0 Å². The summed E-state index contributed by atoms with van der Waals surface area (Å²) in [7, 11) is 4.27. The molecule has 0 aliphatic heterocycles. The predicted molar refractivity (Wildman–Crippen MR) is 86.7 cm³/mol. The van der Waals surface area contributed by atoms with E-state index < -0.39 is 0 Å². The highest BCUT2D eigenvalue weighted by molar-refractivity contribution is 5.75. The third-order valence-electron chi connectivity index (χ3n) is 3.23. The van der Waals surface area contributed by atoms with Gasteiger partial charge in [0.15, 0.2) is 0 Å². The van der Waals surface area contributed by atoms with Gasteiger partial charge in [-0.05, 0) is 25.7 Å². The number of aliphatic hydroxyl groups excluding tert-OH is 1. The summed E-state index contributed by atoms with van der Waals surface area (Å²) in [5, 5.41) is 11.8. The molecule has 0 heterocycles. The quantitative estimate of drug-likeness (QED) is 0.454. The van der Waals surface area contributed by atoms with Crippen molar-refractivity contribution in [3.63, 3.8) is 0 Å². The molecule has 0 saturated carbocycles. The summed E-state index contributed by atoms with van der Waals surface area (Å²) in [4.78, 5) is 11.4. The summed E-state index contributed by atoms with van der Waals surface area (Å²) in [5.74, 6) is 0.188. The largest absolute Gasteiger partial charge is 0.391 e. The number of aliphatic hydroxyl groups is 1. The maximum Gasteiger partial charge on any atom is 0.219 e. The van der Waals surface area contributed by atoms with Crippen molar-refractivity contribution in [1.29, 1.82) is 0 Å². The van der Waals surface area contributed by atoms with Crippen LogP contribution in [0.3, 0.4) is 0 Å². The number of nitrogens with zero attached hydrogens (tertiary/aromatic N) is 1. The first-order valence-corrected chi connectivity index (χ1v) is 8.21. The molecule has 0 bridgehead atoms. The van der Waals surface area contributed by atoms with Crippen LogP contribution in [0.15, 0.2) is 0 Å². The Morgan fingerprint density at radius 1 is 1.05 bits per heavy atom. The van der Waals surface area contributed by atoms with Crippen molar-refractivity contribution in [3.8, 4) is 0 Å². The maximum atomic E-state index is 11.4. The second kappa shape index (κ2) is 14.8. The Morgan fingerprint density at radius 2 is 1.70 bits per heavy atom. The first-order valence-electron chi connectivity index (χ1n) is 8.21. The first-order chi connectivity index (χ1) is 9.52. The summed E-state index contributed by atoms with van der Waals surface area (Å²) in [5.41, 5.74) is 0. The van der Waals surface area contributed by atoms with Crippen LogP contribution in [0.1, 0.15) is 59.3 Å². The molecular weight excluding hydrogens is 252 g/mol. The zero-order chi connectivity index (χ0) is 15.9. The Kier molecular flexibility index (Phi) is 16.0. The lowest BCUT2D eigenvalue weighted by molar-refractivity contribution is -0.890. The van der Waals surface area contributed by atoms with Crippen molar-refractivity contribution in [2.45, 2.75) is 59.3 Å². The van der Waals surface area contributed by atoms with E-state index in [0.29, 0.717) is 6.42 Å². The van der Waals surface area contributed by atoms with Crippen LogP contribution >= 0.6 is 0 Å². The molecule has 0 aliphatic rings. The molecule has 4 heteroatoms. The van der Waals surface area contributed by atoms with Gasteiger partial charge < -0.3 is 14.9 Å². The van der Waals surface area contributed by atoms with Crippen LogP contribution in [0.4, 0.5) is 0 Å². The fraction of sp³-hybridized carbons (Fsp3) is 0.938. The number of hydrogen-bond acceptors (Lipinski definition) is 2. The monoisotopic (exact) mass is 289 g/mol. The lowest BCUT2D eigenvalue weighted by atomic mass is 10.1. The van der Waals surface area contributed by atoms with E-state index in [9.17, 15) is 4.79 Å². The van der Waals surface area contributed by atoms with Crippen LogP contribution in [0.2, 0.25) is 0 Å². The molecule has 0 rings (SSSR count). The Balaban J connectivity index is 0. The van der Waals surface area contributed by atoms with Gasteiger partial charge >= 0.3 is 0 Å². The second-order valence-corrected chi connectivity index (χ2v) is 5.62. The molecule has 0 aliphatic carbocycles. The zero-order valence-electron chi connectivity index (χ0n) is 14.4. The molecule has 0 aromatic heterocycles. The Bertz CT molecular complexity index is 219. The van der Waals surface area contributed by atoms with Gasteiger partial charge in [0.1, 0.15) is 6.54 Å². The molecule has 0 spiro atoms. The first kappa shape index (κ1) is 21.7. The summed E-state index contributed by atoms with van der Waals surface area (Å²) in [6.45, 7) is 9.05. The molecular formula is C16H37N2O2+. The lowest BCUT2D eigenvalue weighted by Gasteiger charge is -2.28. The minimum absolute atomic E-state index is 0.188. The molecule has 0 atom stereocenters. The van der Waals surface area contributed by atoms with Gasteiger partial charge in [-0.1, -0.05) is 27.2 Å². The molecule has 0 aromatic rings. The Hall–Kier alpha value is -0.610. The van der Waals surface area contributed by atoms with Gasteiger partial charge in [0.25, 0.3) is 0 Å². The van der Waals surface area contributed by atoms with E-state index in [1.165, 1.54) is 0 Å². The van der Waals surface area contributed by atoms with E-state index >= 15 is 0 Å². The van der Waals surface area contributed by atoms with E-state index in [2.05, 4.69) is 26.3 Å². The molecule has 4 nitrogen and oxygen atoms in total. The SMILES string of the molecule is CC.CCCCNC(=O)CCCCC[N+](C)(C)CCO. The van der Waals surface area contributed by atoms with Crippen molar-refractivity contribution in [1.82, 2.24) is 5.32 Å². The zero-order valence-corrected chi connectivity index (χ0v) is 14.4. The van der Waals surface area contributed by atoms with Gasteiger partial charge in [-0.3, -0.25) is 4.79 Å². The van der Waals surface area contributed by atoms with Gasteiger partial charge in [-0.2, -0.15) is 0 Å². The molecule has 122 valence electrons. The summed E-state index contributed by atoms with van der Waals surface area (Å²) in [6, 6.07) is 0. The average molecular weight is 289 g/mol. The number of likely N-dealkylation sites (N-methyl/N-ethyl adjacent to an activating group) is 1. The van der Waals surface area contributed by atoms with Gasteiger partial charge in [0.2, 0.25) is 5.91 Å². The molecule has 0 fully saturated rings. The third-order valence-corrected chi connectivity index (χ3v) is 3.23. The summed E-state index contributed by atoms with van der Waals surface area (Å²) in [6.07, 6.45) is 6.02. The van der Waals surface area contributed by atoms with Gasteiger partial charge in [0, 0.05) is 13.0 Å². The van der Waals surface area contributed by atoms with E-state index in [0.717, 1.165) is 56.2 Å². The summed E-state index contributed by atoms with van der Waals surface area (Å²) < 4.78 is 0.860. The fourth-order valence-corrected chi connectivity index (χ4v) is 1.88. The highest BCUT2D eigenvalue weighted by Crippen LogP contribution is 2.05.